The first-order valence-electron chi connectivity index (χ1n) is 5.73. The van der Waals surface area contributed by atoms with Gasteiger partial charge in [-0.25, -0.2) is 0 Å². The van der Waals surface area contributed by atoms with Gasteiger partial charge in [0.2, 0.25) is 0 Å². The van der Waals surface area contributed by atoms with Crippen molar-refractivity contribution >= 4 is 0 Å². The van der Waals surface area contributed by atoms with Crippen molar-refractivity contribution in [2.45, 2.75) is 51.1 Å². The lowest BCUT2D eigenvalue weighted by Gasteiger charge is -2.29. The van der Waals surface area contributed by atoms with Crippen LogP contribution in [0.1, 0.15) is 39.5 Å². The Morgan fingerprint density at radius 3 is 2.85 bits per heavy atom. The van der Waals surface area contributed by atoms with Crippen molar-refractivity contribution in [3.05, 3.63) is 0 Å². The van der Waals surface area contributed by atoms with E-state index in [1.54, 1.807) is 0 Å². The Balaban J connectivity index is 1.94. The van der Waals surface area contributed by atoms with Crippen LogP contribution in [0, 0.1) is 0 Å². The maximum atomic E-state index is 3.62. The average Bonchev–Trinajstić information content (AvgIpc) is 2.88. The van der Waals surface area contributed by atoms with Crippen molar-refractivity contribution < 1.29 is 0 Å². The van der Waals surface area contributed by atoms with Gasteiger partial charge in [0, 0.05) is 18.1 Å². The summed E-state index contributed by atoms with van der Waals surface area (Å²) in [5, 5.41) is 3.62. The summed E-state index contributed by atoms with van der Waals surface area (Å²) in [6, 6.07) is 0.736. The molecule has 0 bridgehead atoms. The molecule has 1 aliphatic heterocycles. The van der Waals surface area contributed by atoms with Gasteiger partial charge in [-0.3, -0.25) is 4.90 Å². The van der Waals surface area contributed by atoms with Crippen LogP contribution >= 0.6 is 0 Å². The number of nitrogens with one attached hydrogen (secondary N) is 1. The van der Waals surface area contributed by atoms with Crippen LogP contribution in [0.25, 0.3) is 0 Å². The zero-order chi connectivity index (χ0) is 9.31. The molecule has 1 saturated heterocycles. The average molecular weight is 182 g/mol. The van der Waals surface area contributed by atoms with Gasteiger partial charge >= 0.3 is 0 Å². The minimum atomic E-state index is 0.583. The molecule has 0 amide bonds. The number of rotatable bonds is 2. The molecule has 2 rings (SSSR count). The quantitative estimate of drug-likeness (QED) is 0.698. The molecule has 13 heavy (non-hydrogen) atoms. The third-order valence-corrected chi connectivity index (χ3v) is 3.71. The van der Waals surface area contributed by atoms with Gasteiger partial charge in [0.1, 0.15) is 0 Å². The highest BCUT2D eigenvalue weighted by molar-refractivity contribution is 5.01. The molecule has 2 aliphatic rings. The molecular formula is C11H22N2. The summed E-state index contributed by atoms with van der Waals surface area (Å²) in [5.41, 5.74) is 0.583. The molecule has 2 fully saturated rings. The van der Waals surface area contributed by atoms with Crippen LogP contribution < -0.4 is 5.32 Å². The smallest absolute Gasteiger partial charge is 0.0192 e. The fraction of sp³-hybridized carbons (Fsp3) is 1.00. The summed E-state index contributed by atoms with van der Waals surface area (Å²) in [4.78, 5) is 2.71. The summed E-state index contributed by atoms with van der Waals surface area (Å²) in [5.74, 6) is 0. The standard InChI is InChI=1S/C11H22N2/c1-3-10-9-13(8-4-7-12-10)11(2)5-6-11/h10,12H,3-9H2,1-2H3. The van der Waals surface area contributed by atoms with Crippen molar-refractivity contribution in [3.8, 4) is 0 Å². The Kier molecular flexibility index (Phi) is 2.61. The van der Waals surface area contributed by atoms with Crippen LogP contribution in [0.3, 0.4) is 0 Å². The Morgan fingerprint density at radius 2 is 2.23 bits per heavy atom. The summed E-state index contributed by atoms with van der Waals surface area (Å²) >= 11 is 0. The topological polar surface area (TPSA) is 15.3 Å². The van der Waals surface area contributed by atoms with Crippen molar-refractivity contribution in [3.63, 3.8) is 0 Å². The van der Waals surface area contributed by atoms with Crippen LogP contribution in [-0.4, -0.2) is 36.1 Å². The first kappa shape index (κ1) is 9.47. The second-order valence-corrected chi connectivity index (χ2v) is 4.86. The number of nitrogens with zero attached hydrogens (tertiary/aromatic N) is 1. The summed E-state index contributed by atoms with van der Waals surface area (Å²) in [6.07, 6.45) is 5.44. The Bertz CT molecular complexity index is 175. The maximum Gasteiger partial charge on any atom is 0.0192 e. The van der Waals surface area contributed by atoms with Crippen LogP contribution in [0.15, 0.2) is 0 Å². The second kappa shape index (κ2) is 3.58. The van der Waals surface area contributed by atoms with Crippen molar-refractivity contribution in [2.75, 3.05) is 19.6 Å². The largest absolute Gasteiger partial charge is 0.313 e. The lowest BCUT2D eigenvalue weighted by atomic mass is 10.2. The van der Waals surface area contributed by atoms with E-state index < -0.39 is 0 Å². The molecule has 1 N–H and O–H groups in total. The predicted molar refractivity (Wildman–Crippen MR) is 55.9 cm³/mol. The Hall–Kier alpha value is -0.0800. The molecule has 0 aromatic rings. The van der Waals surface area contributed by atoms with E-state index in [9.17, 15) is 0 Å². The fourth-order valence-electron chi connectivity index (χ4n) is 2.26. The summed E-state index contributed by atoms with van der Waals surface area (Å²) in [6.45, 7) is 8.50. The summed E-state index contributed by atoms with van der Waals surface area (Å²) < 4.78 is 0. The Labute approximate surface area is 81.7 Å². The van der Waals surface area contributed by atoms with E-state index in [0.717, 1.165) is 6.04 Å². The molecule has 0 spiro atoms. The first-order valence-corrected chi connectivity index (χ1v) is 5.73. The van der Waals surface area contributed by atoms with Gasteiger partial charge in [-0.05, 0) is 45.7 Å². The minimum absolute atomic E-state index is 0.583. The molecule has 2 nitrogen and oxygen atoms in total. The van der Waals surface area contributed by atoms with E-state index in [1.165, 1.54) is 45.3 Å². The first-order chi connectivity index (χ1) is 6.24. The summed E-state index contributed by atoms with van der Waals surface area (Å²) in [7, 11) is 0. The molecule has 76 valence electrons. The zero-order valence-electron chi connectivity index (χ0n) is 8.97. The van der Waals surface area contributed by atoms with Gasteiger partial charge in [0.05, 0.1) is 0 Å². The molecule has 0 radical (unpaired) electrons. The van der Waals surface area contributed by atoms with Gasteiger partial charge < -0.3 is 5.32 Å². The third kappa shape index (κ3) is 2.05. The minimum Gasteiger partial charge on any atom is -0.313 e. The van der Waals surface area contributed by atoms with Crippen LogP contribution in [0.2, 0.25) is 0 Å². The van der Waals surface area contributed by atoms with E-state index in [1.807, 2.05) is 0 Å². The van der Waals surface area contributed by atoms with Gasteiger partial charge in [0.15, 0.2) is 0 Å². The molecule has 1 atom stereocenters. The number of hydrogen-bond acceptors (Lipinski definition) is 2. The highest BCUT2D eigenvalue weighted by Crippen LogP contribution is 2.41. The highest BCUT2D eigenvalue weighted by Gasteiger charge is 2.43. The molecule has 0 aromatic carbocycles. The van der Waals surface area contributed by atoms with E-state index in [0.29, 0.717) is 5.54 Å². The Morgan fingerprint density at radius 1 is 1.46 bits per heavy atom. The SMILES string of the molecule is CCC1CN(C2(C)CC2)CCCN1. The lowest BCUT2D eigenvalue weighted by molar-refractivity contribution is 0.186. The third-order valence-electron chi connectivity index (χ3n) is 3.71. The van der Waals surface area contributed by atoms with Crippen molar-refractivity contribution in [1.82, 2.24) is 10.2 Å². The van der Waals surface area contributed by atoms with Crippen LogP contribution in [0.4, 0.5) is 0 Å². The van der Waals surface area contributed by atoms with Gasteiger partial charge in [-0.1, -0.05) is 6.92 Å². The van der Waals surface area contributed by atoms with Crippen LogP contribution in [-0.2, 0) is 0 Å². The van der Waals surface area contributed by atoms with Gasteiger partial charge in [-0.15, -0.1) is 0 Å². The van der Waals surface area contributed by atoms with E-state index in [4.69, 9.17) is 0 Å². The monoisotopic (exact) mass is 182 g/mol. The van der Waals surface area contributed by atoms with E-state index in [-0.39, 0.29) is 0 Å². The van der Waals surface area contributed by atoms with Crippen molar-refractivity contribution in [1.29, 1.82) is 0 Å². The zero-order valence-corrected chi connectivity index (χ0v) is 8.97. The highest BCUT2D eigenvalue weighted by atomic mass is 15.2. The molecule has 0 aromatic heterocycles. The predicted octanol–water partition coefficient (Wildman–Crippen LogP) is 1.61. The second-order valence-electron chi connectivity index (χ2n) is 4.86. The molecule has 1 saturated carbocycles. The molecule has 2 heteroatoms. The normalized spacial score (nSPS) is 34.2. The van der Waals surface area contributed by atoms with Crippen molar-refractivity contribution in [2.24, 2.45) is 0 Å². The molecule has 1 aliphatic carbocycles. The van der Waals surface area contributed by atoms with Gasteiger partial charge in [0.25, 0.3) is 0 Å². The van der Waals surface area contributed by atoms with Gasteiger partial charge in [-0.2, -0.15) is 0 Å². The van der Waals surface area contributed by atoms with E-state index in [2.05, 4.69) is 24.1 Å². The van der Waals surface area contributed by atoms with E-state index >= 15 is 0 Å². The fourth-order valence-corrected chi connectivity index (χ4v) is 2.26. The maximum absolute atomic E-state index is 3.62. The lowest BCUT2D eigenvalue weighted by Crippen LogP contribution is -2.42. The molecule has 1 heterocycles. The number of hydrogen-bond donors (Lipinski definition) is 1. The molecule has 1 unspecified atom stereocenters. The van der Waals surface area contributed by atoms with Crippen LogP contribution in [0.5, 0.6) is 0 Å². The molecular weight excluding hydrogens is 160 g/mol.